The minimum absolute atomic E-state index is 0.0777. The van der Waals surface area contributed by atoms with Crippen LogP contribution in [0.25, 0.3) is 0 Å². The van der Waals surface area contributed by atoms with Crippen LogP contribution in [0.2, 0.25) is 0 Å². The fourth-order valence-electron chi connectivity index (χ4n) is 5.95. The smallest absolute Gasteiger partial charge is 0.322 e. The van der Waals surface area contributed by atoms with Gasteiger partial charge < -0.3 is 15.2 Å². The van der Waals surface area contributed by atoms with Crippen LogP contribution in [0.1, 0.15) is 213 Å². The molecule has 0 aromatic heterocycles. The first-order valence-electron chi connectivity index (χ1n) is 19.8. The van der Waals surface area contributed by atoms with Gasteiger partial charge in [0.1, 0.15) is 12.6 Å². The highest BCUT2D eigenvalue weighted by atomic mass is 16.5. The SMILES string of the molecule is CCCCCCCCC/C=C\C(CCCCCCC(=O)NCC(=O)O)OC(=O)CCCCCCCCCCCCCCCCCC. The Morgan fingerprint density at radius 2 is 0.978 bits per heavy atom. The molecule has 0 aromatic carbocycles. The van der Waals surface area contributed by atoms with Gasteiger partial charge in [-0.3, -0.25) is 14.4 Å². The van der Waals surface area contributed by atoms with Gasteiger partial charge in [0.2, 0.25) is 5.91 Å². The largest absolute Gasteiger partial charge is 0.480 e. The van der Waals surface area contributed by atoms with E-state index < -0.39 is 5.97 Å². The first-order chi connectivity index (χ1) is 22.5. The summed E-state index contributed by atoms with van der Waals surface area (Å²) in [6.45, 7) is 4.20. The third kappa shape index (κ3) is 35.0. The Labute approximate surface area is 284 Å². The number of allylic oxidation sites excluding steroid dienone is 1. The lowest BCUT2D eigenvalue weighted by Crippen LogP contribution is -2.28. The van der Waals surface area contributed by atoms with Gasteiger partial charge in [0.15, 0.2) is 0 Å². The maximum atomic E-state index is 12.6. The standard InChI is InChI=1S/C40H75NO5/c1-3-5-7-9-11-13-14-15-16-17-18-19-21-23-25-31-35-40(45)46-37(32-28-24-22-20-12-10-8-6-4-2)33-29-26-27-30-34-38(42)41-36-39(43)44/h28,32,37H,3-27,29-31,33-36H2,1-2H3,(H,41,42)(H,43,44)/b32-28-. The topological polar surface area (TPSA) is 92.7 Å². The van der Waals surface area contributed by atoms with E-state index in [1.165, 1.54) is 135 Å². The van der Waals surface area contributed by atoms with E-state index in [0.29, 0.717) is 12.8 Å². The highest BCUT2D eigenvalue weighted by Gasteiger charge is 2.12. The molecule has 0 aliphatic carbocycles. The molecule has 0 aliphatic rings. The molecule has 270 valence electrons. The number of aliphatic carboxylic acids is 1. The molecule has 0 radical (unpaired) electrons. The van der Waals surface area contributed by atoms with Crippen molar-refractivity contribution in [3.8, 4) is 0 Å². The summed E-state index contributed by atoms with van der Waals surface area (Å²) in [4.78, 5) is 34.9. The van der Waals surface area contributed by atoms with Crippen LogP contribution in [-0.4, -0.2) is 35.6 Å². The number of hydrogen-bond donors (Lipinski definition) is 2. The minimum Gasteiger partial charge on any atom is -0.480 e. The fourth-order valence-corrected chi connectivity index (χ4v) is 5.95. The molecule has 1 atom stereocenters. The number of carbonyl (C=O) groups excluding carboxylic acids is 2. The lowest BCUT2D eigenvalue weighted by molar-refractivity contribution is -0.147. The van der Waals surface area contributed by atoms with Crippen LogP contribution in [-0.2, 0) is 19.1 Å². The molecule has 0 spiro atoms. The minimum atomic E-state index is -1.02. The van der Waals surface area contributed by atoms with E-state index in [4.69, 9.17) is 9.84 Å². The number of carboxylic acids is 1. The molecular formula is C40H75NO5. The van der Waals surface area contributed by atoms with Gasteiger partial charge >= 0.3 is 11.9 Å². The number of ether oxygens (including phenoxy) is 1. The zero-order valence-corrected chi connectivity index (χ0v) is 30.4. The predicted molar refractivity (Wildman–Crippen MR) is 194 cm³/mol. The van der Waals surface area contributed by atoms with Crippen molar-refractivity contribution in [3.05, 3.63) is 12.2 Å². The van der Waals surface area contributed by atoms with E-state index in [1.54, 1.807) is 0 Å². The van der Waals surface area contributed by atoms with Gasteiger partial charge in [0.25, 0.3) is 0 Å². The molecule has 6 nitrogen and oxygen atoms in total. The van der Waals surface area contributed by atoms with E-state index in [1.807, 2.05) is 0 Å². The maximum Gasteiger partial charge on any atom is 0.322 e. The highest BCUT2D eigenvalue weighted by Crippen LogP contribution is 2.16. The van der Waals surface area contributed by atoms with Gasteiger partial charge in [-0.2, -0.15) is 0 Å². The van der Waals surface area contributed by atoms with Gasteiger partial charge in [-0.15, -0.1) is 0 Å². The van der Waals surface area contributed by atoms with Crippen LogP contribution in [0.15, 0.2) is 12.2 Å². The van der Waals surface area contributed by atoms with Crippen molar-refractivity contribution < 1.29 is 24.2 Å². The number of hydrogen-bond acceptors (Lipinski definition) is 4. The van der Waals surface area contributed by atoms with E-state index >= 15 is 0 Å². The van der Waals surface area contributed by atoms with Gasteiger partial charge in [-0.25, -0.2) is 0 Å². The van der Waals surface area contributed by atoms with Crippen molar-refractivity contribution in [2.45, 2.75) is 219 Å². The molecule has 1 amide bonds. The van der Waals surface area contributed by atoms with Crippen molar-refractivity contribution in [1.29, 1.82) is 0 Å². The second kappa shape index (κ2) is 36.0. The van der Waals surface area contributed by atoms with Crippen LogP contribution in [0.3, 0.4) is 0 Å². The lowest BCUT2D eigenvalue weighted by atomic mass is 10.0. The van der Waals surface area contributed by atoms with E-state index in [0.717, 1.165) is 51.4 Å². The molecule has 46 heavy (non-hydrogen) atoms. The van der Waals surface area contributed by atoms with Crippen LogP contribution in [0.4, 0.5) is 0 Å². The average Bonchev–Trinajstić information content (AvgIpc) is 3.04. The number of unbranched alkanes of at least 4 members (excludes halogenated alkanes) is 25. The molecular weight excluding hydrogens is 574 g/mol. The Hall–Kier alpha value is -1.85. The van der Waals surface area contributed by atoms with Crippen LogP contribution < -0.4 is 5.32 Å². The van der Waals surface area contributed by atoms with Gasteiger partial charge in [-0.1, -0.05) is 168 Å². The molecule has 0 rings (SSSR count). The predicted octanol–water partition coefficient (Wildman–Crippen LogP) is 11.8. The molecule has 0 aliphatic heterocycles. The highest BCUT2D eigenvalue weighted by molar-refractivity contribution is 5.80. The molecule has 0 saturated carbocycles. The summed E-state index contributed by atoms with van der Waals surface area (Å²) in [6, 6.07) is 0. The van der Waals surface area contributed by atoms with Crippen LogP contribution >= 0.6 is 0 Å². The van der Waals surface area contributed by atoms with Crippen molar-refractivity contribution >= 4 is 17.8 Å². The summed E-state index contributed by atoms with van der Waals surface area (Å²) in [7, 11) is 0. The summed E-state index contributed by atoms with van der Waals surface area (Å²) in [5.41, 5.74) is 0. The molecule has 2 N–H and O–H groups in total. The number of carbonyl (C=O) groups is 3. The molecule has 6 heteroatoms. The van der Waals surface area contributed by atoms with E-state index in [9.17, 15) is 14.4 Å². The van der Waals surface area contributed by atoms with Crippen molar-refractivity contribution in [2.24, 2.45) is 0 Å². The van der Waals surface area contributed by atoms with Crippen molar-refractivity contribution in [3.63, 3.8) is 0 Å². The first kappa shape index (κ1) is 44.1. The Kier molecular flexibility index (Phi) is 34.5. The van der Waals surface area contributed by atoms with Gasteiger partial charge in [-0.05, 0) is 44.6 Å². The molecule has 0 aromatic rings. The Morgan fingerprint density at radius 3 is 1.46 bits per heavy atom. The summed E-state index contributed by atoms with van der Waals surface area (Å²) in [5, 5.41) is 11.1. The molecule has 0 bridgehead atoms. The number of amides is 1. The van der Waals surface area contributed by atoms with E-state index in [-0.39, 0.29) is 24.5 Å². The third-order valence-electron chi connectivity index (χ3n) is 8.92. The number of carboxylic acid groups (broad SMARTS) is 1. The first-order valence-corrected chi connectivity index (χ1v) is 19.8. The van der Waals surface area contributed by atoms with Crippen molar-refractivity contribution in [1.82, 2.24) is 5.32 Å². The number of esters is 1. The summed E-state index contributed by atoms with van der Waals surface area (Å²) in [6.07, 6.45) is 40.6. The lowest BCUT2D eigenvalue weighted by Gasteiger charge is -2.15. The van der Waals surface area contributed by atoms with E-state index in [2.05, 4.69) is 31.3 Å². The van der Waals surface area contributed by atoms with Gasteiger partial charge in [0.05, 0.1) is 0 Å². The average molecular weight is 650 g/mol. The molecule has 0 heterocycles. The number of nitrogens with one attached hydrogen (secondary N) is 1. The van der Waals surface area contributed by atoms with Crippen LogP contribution in [0.5, 0.6) is 0 Å². The zero-order chi connectivity index (χ0) is 33.8. The summed E-state index contributed by atoms with van der Waals surface area (Å²) < 4.78 is 5.90. The zero-order valence-electron chi connectivity index (χ0n) is 30.4. The quantitative estimate of drug-likeness (QED) is 0.0400. The monoisotopic (exact) mass is 650 g/mol. The third-order valence-corrected chi connectivity index (χ3v) is 8.92. The molecule has 0 saturated heterocycles. The molecule has 0 fully saturated rings. The van der Waals surface area contributed by atoms with Gasteiger partial charge in [0, 0.05) is 12.8 Å². The normalized spacial score (nSPS) is 12.0. The fraction of sp³-hybridized carbons (Fsp3) is 0.875. The Balaban J connectivity index is 4.09. The summed E-state index contributed by atoms with van der Waals surface area (Å²) in [5.74, 6) is -1.31. The molecule has 1 unspecified atom stereocenters. The second-order valence-corrected chi connectivity index (χ2v) is 13.5. The Morgan fingerprint density at radius 1 is 0.565 bits per heavy atom. The van der Waals surface area contributed by atoms with Crippen molar-refractivity contribution in [2.75, 3.05) is 6.54 Å². The number of rotatable bonds is 36. The summed E-state index contributed by atoms with van der Waals surface area (Å²) >= 11 is 0. The van der Waals surface area contributed by atoms with Crippen LogP contribution in [0, 0.1) is 0 Å². The maximum absolute atomic E-state index is 12.6. The Bertz CT molecular complexity index is 722. The second-order valence-electron chi connectivity index (χ2n) is 13.5.